The molecule has 1 aliphatic rings. The van der Waals surface area contributed by atoms with E-state index in [1.165, 1.54) is 4.90 Å². The van der Waals surface area contributed by atoms with E-state index >= 15 is 0 Å². The minimum atomic E-state index is -1.58. The van der Waals surface area contributed by atoms with Crippen LogP contribution in [0.25, 0.3) is 0 Å². The molecule has 1 saturated heterocycles. The molecule has 24 nitrogen and oxygen atoms in total. The molecule has 1 fully saturated rings. The number of nitrogens with zero attached hydrogens (tertiary/aromatic N) is 1. The second-order valence-electron chi connectivity index (χ2n) is 16.9. The van der Waals surface area contributed by atoms with Gasteiger partial charge >= 0.3 is 5.97 Å². The Hall–Kier alpha value is -6.56. The van der Waals surface area contributed by atoms with Crippen molar-refractivity contribution in [2.24, 2.45) is 29.0 Å². The number of nitrogens with two attached hydrogens (primary N) is 3. The summed E-state index contributed by atoms with van der Waals surface area (Å²) in [4.78, 5) is 108. The molecule has 0 unspecified atom stereocenters. The molecule has 1 heterocycles. The van der Waals surface area contributed by atoms with E-state index < -0.39 is 109 Å². The van der Waals surface area contributed by atoms with Crippen molar-refractivity contribution in [1.82, 2.24) is 47.4 Å². The molecule has 0 bridgehead atoms. The topological polar surface area (TPSA) is 402 Å². The Labute approximate surface area is 384 Å². The first kappa shape index (κ1) is 55.6. The first-order chi connectivity index (χ1) is 31.1. The third-order valence-corrected chi connectivity index (χ3v) is 10.5. The van der Waals surface area contributed by atoms with Crippen molar-refractivity contribution < 1.29 is 48.6 Å². The maximum Gasteiger partial charge on any atom is 0.326 e. The molecule has 0 aromatic heterocycles. The molecule has 0 spiro atoms. The zero-order chi connectivity index (χ0) is 49.5. The summed E-state index contributed by atoms with van der Waals surface area (Å²) in [5.41, 5.74) is 17.2. The van der Waals surface area contributed by atoms with Gasteiger partial charge in [0.05, 0.1) is 19.2 Å². The highest BCUT2D eigenvalue weighted by Gasteiger charge is 2.40. The number of carbonyl (C=O) groups is 8. The van der Waals surface area contributed by atoms with E-state index in [4.69, 9.17) is 28.0 Å². The van der Waals surface area contributed by atoms with Gasteiger partial charge < -0.3 is 74.8 Å². The van der Waals surface area contributed by atoms with E-state index in [1.807, 2.05) is 0 Å². The number of rotatable bonds is 28. The van der Waals surface area contributed by atoms with E-state index in [-0.39, 0.29) is 69.5 Å². The van der Waals surface area contributed by atoms with Gasteiger partial charge in [-0.2, -0.15) is 0 Å². The molecular weight excluding hydrogens is 861 g/mol. The molecule has 18 N–H and O–H groups in total. The molecule has 1 aromatic rings. The van der Waals surface area contributed by atoms with E-state index in [0.29, 0.717) is 24.9 Å². The van der Waals surface area contributed by atoms with E-state index in [0.717, 1.165) is 0 Å². The van der Waals surface area contributed by atoms with Gasteiger partial charge in [0.15, 0.2) is 11.9 Å². The SMILES string of the molecule is CC(C)C[C@H](NC(=O)[C@@H](NC(=O)[C@H](CO)NC(=O)[C@@H]1CCCN1C(=O)[C@H](Cc1ccccc1)NC(=O)CNC(=O)[C@@H](N)CCCNC(=N)N)C(C)C)C(=O)N[C@@H](CCCNC(=N)N)C(=O)O. The lowest BCUT2D eigenvalue weighted by Crippen LogP contribution is -2.61. The second-order valence-corrected chi connectivity index (χ2v) is 16.9. The summed E-state index contributed by atoms with van der Waals surface area (Å²) in [5.74, 6) is -7.67. The van der Waals surface area contributed by atoms with Crippen LogP contribution in [0.5, 0.6) is 0 Å². The highest BCUT2D eigenvalue weighted by molar-refractivity contribution is 5.97. The average Bonchev–Trinajstić information content (AvgIpc) is 3.75. The number of aliphatic hydroxyl groups is 1. The van der Waals surface area contributed by atoms with E-state index in [1.54, 1.807) is 58.0 Å². The Morgan fingerprint density at radius 1 is 0.742 bits per heavy atom. The number of hydrogen-bond donors (Lipinski definition) is 15. The van der Waals surface area contributed by atoms with Crippen LogP contribution in [-0.4, -0.2) is 149 Å². The van der Waals surface area contributed by atoms with Crippen molar-refractivity contribution in [2.45, 2.75) is 121 Å². The summed E-state index contributed by atoms with van der Waals surface area (Å²) in [5, 5.41) is 54.8. The van der Waals surface area contributed by atoms with Gasteiger partial charge in [-0.1, -0.05) is 58.0 Å². The lowest BCUT2D eigenvalue weighted by atomic mass is 9.99. The number of carboxylic acids is 1. The minimum absolute atomic E-state index is 0.00228. The third-order valence-electron chi connectivity index (χ3n) is 10.5. The molecular formula is C42H70N14O10. The van der Waals surface area contributed by atoms with Crippen LogP contribution < -0.4 is 59.7 Å². The van der Waals surface area contributed by atoms with Crippen LogP contribution in [0, 0.1) is 22.7 Å². The first-order valence-electron chi connectivity index (χ1n) is 22.0. The quantitative estimate of drug-likeness (QED) is 0.0219. The zero-order valence-corrected chi connectivity index (χ0v) is 38.1. The molecule has 0 radical (unpaired) electrons. The summed E-state index contributed by atoms with van der Waals surface area (Å²) in [7, 11) is 0. The molecule has 0 aliphatic carbocycles. The fourth-order valence-electron chi connectivity index (χ4n) is 7.05. The molecule has 368 valence electrons. The Kier molecular flexibility index (Phi) is 23.9. The van der Waals surface area contributed by atoms with Gasteiger partial charge in [0.2, 0.25) is 41.4 Å². The normalized spacial score (nSPS) is 16.1. The molecule has 1 aromatic carbocycles. The smallest absolute Gasteiger partial charge is 0.326 e. The number of benzene rings is 1. The summed E-state index contributed by atoms with van der Waals surface area (Å²) >= 11 is 0. The predicted molar refractivity (Wildman–Crippen MR) is 243 cm³/mol. The van der Waals surface area contributed by atoms with Crippen molar-refractivity contribution in [3.05, 3.63) is 35.9 Å². The summed E-state index contributed by atoms with van der Waals surface area (Å²) in [6.07, 6.45) is 1.67. The maximum atomic E-state index is 14.2. The summed E-state index contributed by atoms with van der Waals surface area (Å²) in [6, 6.07) is 0.211. The number of aliphatic hydroxyl groups excluding tert-OH is 1. The number of likely N-dealkylation sites (tertiary alicyclic amines) is 1. The maximum absolute atomic E-state index is 14.2. The molecule has 0 saturated carbocycles. The Morgan fingerprint density at radius 3 is 1.89 bits per heavy atom. The van der Waals surface area contributed by atoms with Crippen molar-refractivity contribution in [2.75, 3.05) is 32.8 Å². The Morgan fingerprint density at radius 2 is 1.33 bits per heavy atom. The lowest BCUT2D eigenvalue weighted by molar-refractivity contribution is -0.143. The van der Waals surface area contributed by atoms with Crippen LogP contribution in [0.2, 0.25) is 0 Å². The first-order valence-corrected chi connectivity index (χ1v) is 22.0. The van der Waals surface area contributed by atoms with Crippen LogP contribution >= 0.6 is 0 Å². The van der Waals surface area contributed by atoms with Gasteiger partial charge in [0, 0.05) is 26.1 Å². The van der Waals surface area contributed by atoms with Crippen LogP contribution in [0.4, 0.5) is 0 Å². The van der Waals surface area contributed by atoms with Crippen molar-refractivity contribution in [1.29, 1.82) is 10.8 Å². The number of hydrogen-bond acceptors (Lipinski definition) is 12. The fourth-order valence-corrected chi connectivity index (χ4v) is 7.05. The third kappa shape index (κ3) is 19.7. The van der Waals surface area contributed by atoms with Gasteiger partial charge in [0.25, 0.3) is 0 Å². The van der Waals surface area contributed by atoms with Crippen LogP contribution in [0.1, 0.15) is 78.2 Å². The monoisotopic (exact) mass is 931 g/mol. The standard InChI is InChI=1S/C42H70N14O10/c1-23(2)19-28(35(60)52-27(40(65)66)14-9-17-49-42(46)47)53-38(63)33(24(3)4)55-36(61)30(22-57)54-37(62)31-15-10-18-56(31)39(64)29(20-25-11-6-5-7-12-25)51-32(58)21-50-34(59)26(43)13-8-16-48-41(44)45/h5-7,11-12,23-24,26-31,33,57H,8-10,13-22,43H2,1-4H3,(H,50,59)(H,51,58)(H,52,60)(H,53,63)(H,54,62)(H,55,61)(H,65,66)(H4,44,45,48)(H4,46,47,49)/t26-,27-,28-,29-,30-,31-,33-/m0/s1. The number of amides is 7. The fraction of sp³-hybridized carbons (Fsp3) is 0.619. The lowest BCUT2D eigenvalue weighted by Gasteiger charge is -2.30. The minimum Gasteiger partial charge on any atom is -0.480 e. The summed E-state index contributed by atoms with van der Waals surface area (Å²) in [6.45, 7) is 6.11. The van der Waals surface area contributed by atoms with Crippen LogP contribution in [0.3, 0.4) is 0 Å². The molecule has 24 heteroatoms. The molecule has 7 amide bonds. The molecule has 1 aliphatic heterocycles. The van der Waals surface area contributed by atoms with Gasteiger partial charge in [0.1, 0.15) is 36.3 Å². The number of carboxylic acid groups (broad SMARTS) is 1. The average molecular weight is 931 g/mol. The number of nitrogens with one attached hydrogen (secondary N) is 10. The van der Waals surface area contributed by atoms with Gasteiger partial charge in [-0.25, -0.2) is 4.79 Å². The molecule has 66 heavy (non-hydrogen) atoms. The predicted octanol–water partition coefficient (Wildman–Crippen LogP) is -3.61. The number of guanidine groups is 2. The molecule has 7 atom stereocenters. The largest absolute Gasteiger partial charge is 0.480 e. The van der Waals surface area contributed by atoms with Gasteiger partial charge in [-0.15, -0.1) is 0 Å². The highest BCUT2D eigenvalue weighted by Crippen LogP contribution is 2.20. The van der Waals surface area contributed by atoms with Crippen LogP contribution in [0.15, 0.2) is 30.3 Å². The van der Waals surface area contributed by atoms with Crippen molar-refractivity contribution in [3.63, 3.8) is 0 Å². The van der Waals surface area contributed by atoms with Crippen LogP contribution in [-0.2, 0) is 44.8 Å². The Bertz CT molecular complexity index is 1830. The van der Waals surface area contributed by atoms with Crippen molar-refractivity contribution >= 4 is 59.2 Å². The number of carbonyl (C=O) groups excluding carboxylic acids is 7. The van der Waals surface area contributed by atoms with E-state index in [2.05, 4.69) is 42.5 Å². The number of aliphatic carboxylic acids is 1. The highest BCUT2D eigenvalue weighted by atomic mass is 16.4. The van der Waals surface area contributed by atoms with E-state index in [9.17, 15) is 48.6 Å². The van der Waals surface area contributed by atoms with Crippen molar-refractivity contribution in [3.8, 4) is 0 Å². The van der Waals surface area contributed by atoms with Gasteiger partial charge in [-0.3, -0.25) is 44.4 Å². The summed E-state index contributed by atoms with van der Waals surface area (Å²) < 4.78 is 0. The van der Waals surface area contributed by atoms with Gasteiger partial charge in [-0.05, 0) is 62.3 Å². The molecule has 2 rings (SSSR count). The Balaban J connectivity index is 2.16. The second kappa shape index (κ2) is 28.4. The zero-order valence-electron chi connectivity index (χ0n) is 38.1.